The van der Waals surface area contributed by atoms with Gasteiger partial charge in [0.25, 0.3) is 11.5 Å². The summed E-state index contributed by atoms with van der Waals surface area (Å²) in [5.41, 5.74) is 2.47. The van der Waals surface area contributed by atoms with E-state index in [0.29, 0.717) is 41.2 Å². The molecule has 0 radical (unpaired) electrons. The second-order valence-corrected chi connectivity index (χ2v) is 11.4. The lowest BCUT2D eigenvalue weighted by Crippen LogP contribution is -2.55. The molecule has 3 heterocycles. The Kier molecular flexibility index (Phi) is 5.84. The number of rotatable bonds is 5. The van der Waals surface area contributed by atoms with Gasteiger partial charge in [-0.25, -0.2) is 9.49 Å². The van der Waals surface area contributed by atoms with E-state index in [1.54, 1.807) is 18.3 Å². The summed E-state index contributed by atoms with van der Waals surface area (Å²) in [5, 5.41) is 16.1. The van der Waals surface area contributed by atoms with Crippen LogP contribution in [-0.4, -0.2) is 45.1 Å². The topological polar surface area (TPSA) is 102 Å². The van der Waals surface area contributed by atoms with Crippen molar-refractivity contribution in [3.8, 4) is 11.1 Å². The Morgan fingerprint density at radius 2 is 1.85 bits per heavy atom. The molecule has 1 spiro atoms. The zero-order chi connectivity index (χ0) is 26.6. The minimum Gasteiger partial charge on any atom is -0.381 e. The maximum absolute atomic E-state index is 15.0. The number of ether oxygens (including phenoxy) is 1. The normalized spacial score (nSPS) is 24.8. The van der Waals surface area contributed by atoms with Crippen LogP contribution in [0.25, 0.3) is 21.9 Å². The molecule has 0 bridgehead atoms. The van der Waals surface area contributed by atoms with E-state index in [1.165, 1.54) is 6.07 Å². The monoisotopic (exact) mass is 527 g/mol. The molecule has 200 valence electrons. The number of nitrogens with one attached hydrogen (secondary N) is 2. The van der Waals surface area contributed by atoms with Gasteiger partial charge >= 0.3 is 0 Å². The highest BCUT2D eigenvalue weighted by atomic mass is 19.1. The third-order valence-electron chi connectivity index (χ3n) is 8.87. The fraction of sp³-hybridized carbons (Fsp3) is 0.400. The minimum absolute atomic E-state index is 0.0826. The van der Waals surface area contributed by atoms with E-state index in [9.17, 15) is 9.59 Å². The van der Waals surface area contributed by atoms with Crippen LogP contribution in [0.5, 0.6) is 0 Å². The summed E-state index contributed by atoms with van der Waals surface area (Å²) in [7, 11) is 0. The van der Waals surface area contributed by atoms with Crippen LogP contribution in [0, 0.1) is 11.2 Å². The van der Waals surface area contributed by atoms with Crippen LogP contribution in [-0.2, 0) is 4.74 Å². The average molecular weight is 528 g/mol. The Balaban J connectivity index is 0.961. The predicted octanol–water partition coefficient (Wildman–Crippen LogP) is 4.73. The van der Waals surface area contributed by atoms with Gasteiger partial charge in [0.1, 0.15) is 5.82 Å². The summed E-state index contributed by atoms with van der Waals surface area (Å²) >= 11 is 0. The van der Waals surface area contributed by atoms with Gasteiger partial charge in [0.05, 0.1) is 23.3 Å². The smallest absolute Gasteiger partial charge is 0.272 e. The maximum atomic E-state index is 15.0. The second-order valence-electron chi connectivity index (χ2n) is 11.4. The second kappa shape index (κ2) is 9.41. The van der Waals surface area contributed by atoms with Crippen LogP contribution < -0.4 is 10.9 Å². The number of amides is 1. The summed E-state index contributed by atoms with van der Waals surface area (Å²) in [4.78, 5) is 25.0. The largest absolute Gasteiger partial charge is 0.381 e. The Bertz CT molecular complexity index is 1610. The number of nitrogens with zero attached hydrogens (tertiary/aromatic N) is 3. The Labute approximate surface area is 224 Å². The van der Waals surface area contributed by atoms with Crippen molar-refractivity contribution in [1.82, 2.24) is 25.3 Å². The van der Waals surface area contributed by atoms with E-state index in [0.717, 1.165) is 49.6 Å². The molecular formula is C30H30FN5O3. The van der Waals surface area contributed by atoms with Crippen LogP contribution >= 0.6 is 0 Å². The fourth-order valence-electron chi connectivity index (χ4n) is 6.83. The molecule has 0 unspecified atom stereocenters. The molecule has 3 fully saturated rings. The molecule has 8 nitrogen and oxygen atoms in total. The molecule has 1 aliphatic heterocycles. The van der Waals surface area contributed by atoms with Gasteiger partial charge in [-0.15, -0.1) is 0 Å². The molecule has 3 aliphatic rings. The Morgan fingerprint density at radius 1 is 1.08 bits per heavy atom. The highest BCUT2D eigenvalue weighted by Crippen LogP contribution is 2.62. The molecule has 7 rings (SSSR count). The Hall–Kier alpha value is -3.85. The average Bonchev–Trinajstić information content (AvgIpc) is 3.40. The quantitative estimate of drug-likeness (QED) is 0.391. The van der Waals surface area contributed by atoms with Crippen molar-refractivity contribution in [3.63, 3.8) is 0 Å². The SMILES string of the molecule is O=C(N[C@H]1CC2(C1)C[C@H](c1n[nH]c(=O)c3ccccc31)C2)c1ccc(-c2cnn(C3CCOCC3)c2)c(F)c1. The molecule has 1 amide bonds. The standard InChI is InChI=1S/C30H30FN5O3/c31-26-11-18(5-6-23(26)20-16-32-36(17-20)22-7-9-39-10-8-22)28(37)33-21-14-30(15-21)12-19(13-30)27-24-3-1-2-4-25(24)29(38)35-34-27/h1-6,11,16-17,19,21-22H,7-10,12-15H2,(H,33,37)(H,35,38)/t19-,21-,30?. The number of benzene rings is 2. The van der Waals surface area contributed by atoms with Gasteiger partial charge < -0.3 is 10.1 Å². The summed E-state index contributed by atoms with van der Waals surface area (Å²) in [5.74, 6) is -0.370. The van der Waals surface area contributed by atoms with Crippen LogP contribution in [0.3, 0.4) is 0 Å². The van der Waals surface area contributed by atoms with Gasteiger partial charge in [0, 0.05) is 53.4 Å². The molecule has 0 atom stereocenters. The van der Waals surface area contributed by atoms with Crippen molar-refractivity contribution < 1.29 is 13.9 Å². The first-order valence-corrected chi connectivity index (χ1v) is 13.7. The lowest BCUT2D eigenvalue weighted by Gasteiger charge is -2.57. The van der Waals surface area contributed by atoms with Crippen molar-refractivity contribution in [3.05, 3.63) is 82.3 Å². The zero-order valence-electron chi connectivity index (χ0n) is 21.5. The molecule has 2 aromatic heterocycles. The maximum Gasteiger partial charge on any atom is 0.272 e. The molecule has 9 heteroatoms. The highest BCUT2D eigenvalue weighted by Gasteiger charge is 2.54. The van der Waals surface area contributed by atoms with Gasteiger partial charge in [-0.2, -0.15) is 10.2 Å². The van der Waals surface area contributed by atoms with E-state index >= 15 is 4.39 Å². The van der Waals surface area contributed by atoms with Gasteiger partial charge in [-0.3, -0.25) is 14.3 Å². The van der Waals surface area contributed by atoms with Crippen molar-refractivity contribution in [2.45, 2.75) is 56.5 Å². The molecule has 2 aromatic carbocycles. The van der Waals surface area contributed by atoms with Gasteiger partial charge in [-0.1, -0.05) is 24.3 Å². The summed E-state index contributed by atoms with van der Waals surface area (Å²) in [6, 6.07) is 12.6. The number of hydrogen-bond donors (Lipinski definition) is 2. The van der Waals surface area contributed by atoms with Crippen molar-refractivity contribution in [2.75, 3.05) is 13.2 Å². The van der Waals surface area contributed by atoms with E-state index in [1.807, 2.05) is 35.1 Å². The van der Waals surface area contributed by atoms with E-state index in [-0.39, 0.29) is 29.0 Å². The van der Waals surface area contributed by atoms with Gasteiger partial charge in [0.15, 0.2) is 0 Å². The number of carbonyl (C=O) groups excluding carboxylic acids is 1. The van der Waals surface area contributed by atoms with E-state index in [2.05, 4.69) is 20.6 Å². The molecule has 39 heavy (non-hydrogen) atoms. The molecule has 4 aromatic rings. The van der Waals surface area contributed by atoms with Crippen LogP contribution in [0.1, 0.15) is 66.5 Å². The number of halogens is 1. The molecule has 2 aliphatic carbocycles. The Morgan fingerprint density at radius 3 is 2.62 bits per heavy atom. The number of fused-ring (bicyclic) bond motifs is 1. The van der Waals surface area contributed by atoms with Crippen LogP contribution in [0.4, 0.5) is 4.39 Å². The predicted molar refractivity (Wildman–Crippen MR) is 144 cm³/mol. The number of aromatic amines is 1. The minimum atomic E-state index is -0.429. The highest BCUT2D eigenvalue weighted by molar-refractivity contribution is 5.95. The van der Waals surface area contributed by atoms with Crippen molar-refractivity contribution >= 4 is 16.7 Å². The summed E-state index contributed by atoms with van der Waals surface area (Å²) < 4.78 is 22.4. The number of hydrogen-bond acceptors (Lipinski definition) is 5. The van der Waals surface area contributed by atoms with Crippen LogP contribution in [0.2, 0.25) is 0 Å². The first-order chi connectivity index (χ1) is 19.0. The third kappa shape index (κ3) is 4.34. The lowest BCUT2D eigenvalue weighted by atomic mass is 9.49. The molecule has 2 saturated carbocycles. The first-order valence-electron chi connectivity index (χ1n) is 13.7. The molecule has 2 N–H and O–H groups in total. The number of aromatic nitrogens is 4. The van der Waals surface area contributed by atoms with Gasteiger partial charge in [-0.05, 0) is 62.1 Å². The van der Waals surface area contributed by atoms with Crippen molar-refractivity contribution in [1.29, 1.82) is 0 Å². The third-order valence-corrected chi connectivity index (χ3v) is 8.87. The number of H-pyrrole nitrogens is 1. The van der Waals surface area contributed by atoms with E-state index < -0.39 is 5.82 Å². The van der Waals surface area contributed by atoms with Crippen molar-refractivity contribution in [2.24, 2.45) is 5.41 Å². The van der Waals surface area contributed by atoms with E-state index in [4.69, 9.17) is 4.74 Å². The summed E-state index contributed by atoms with van der Waals surface area (Å²) in [6.45, 7) is 1.42. The first kappa shape index (κ1) is 24.2. The van der Waals surface area contributed by atoms with Gasteiger partial charge in [0.2, 0.25) is 0 Å². The lowest BCUT2D eigenvalue weighted by molar-refractivity contribution is -0.0196. The number of carbonyl (C=O) groups is 1. The molecular weight excluding hydrogens is 497 g/mol. The zero-order valence-corrected chi connectivity index (χ0v) is 21.5. The fourth-order valence-corrected chi connectivity index (χ4v) is 6.83. The molecule has 1 saturated heterocycles. The van der Waals surface area contributed by atoms with Crippen LogP contribution in [0.15, 0.2) is 59.7 Å². The summed E-state index contributed by atoms with van der Waals surface area (Å²) in [6.07, 6.45) is 9.14.